The molecule has 0 atom stereocenters. The summed E-state index contributed by atoms with van der Waals surface area (Å²) in [6.07, 6.45) is 1.51. The van der Waals surface area contributed by atoms with Crippen LogP contribution in [0.5, 0.6) is 11.5 Å². The Morgan fingerprint density at radius 3 is 2.22 bits per heavy atom. The van der Waals surface area contributed by atoms with Gasteiger partial charge in [0.05, 0.1) is 12.6 Å². The lowest BCUT2D eigenvalue weighted by molar-refractivity contribution is 0.217. The van der Waals surface area contributed by atoms with E-state index in [1.165, 1.54) is 6.33 Å². The zero-order valence-corrected chi connectivity index (χ0v) is 21.3. The molecule has 0 aliphatic carbocycles. The van der Waals surface area contributed by atoms with Crippen LogP contribution in [-0.2, 0) is 0 Å². The van der Waals surface area contributed by atoms with Crippen LogP contribution in [0.3, 0.4) is 0 Å². The summed E-state index contributed by atoms with van der Waals surface area (Å²) in [7, 11) is 1.62. The Hall–Kier alpha value is -4.37. The first-order valence-corrected chi connectivity index (χ1v) is 12.3. The summed E-state index contributed by atoms with van der Waals surface area (Å²) < 4.78 is 11.6. The minimum Gasteiger partial charge on any atom is -0.493 e. The third-order valence-electron chi connectivity index (χ3n) is 5.92. The molecule has 1 heterocycles. The van der Waals surface area contributed by atoms with Gasteiger partial charge in [-0.2, -0.15) is 0 Å². The first kappa shape index (κ1) is 25.7. The van der Waals surface area contributed by atoms with E-state index in [0.29, 0.717) is 29.6 Å². The van der Waals surface area contributed by atoms with Crippen molar-refractivity contribution >= 4 is 39.8 Å². The highest BCUT2D eigenvalue weighted by molar-refractivity contribution is 6.00. The topological polar surface area (TPSA) is 101 Å². The van der Waals surface area contributed by atoms with Gasteiger partial charge in [0.1, 0.15) is 18.8 Å². The second kappa shape index (κ2) is 12.5. The quantitative estimate of drug-likeness (QED) is 0.241. The maximum Gasteiger partial charge on any atom is 0.323 e. The number of hydrogen-bond donors (Lipinski definition) is 3. The van der Waals surface area contributed by atoms with Gasteiger partial charge in [-0.05, 0) is 55.6 Å². The summed E-state index contributed by atoms with van der Waals surface area (Å²) >= 11 is 0. The van der Waals surface area contributed by atoms with E-state index < -0.39 is 0 Å². The smallest absolute Gasteiger partial charge is 0.323 e. The van der Waals surface area contributed by atoms with Crippen molar-refractivity contribution < 1.29 is 14.3 Å². The molecule has 1 aromatic heterocycles. The van der Waals surface area contributed by atoms with Crippen LogP contribution in [0.4, 0.5) is 27.7 Å². The van der Waals surface area contributed by atoms with Crippen LogP contribution in [0, 0.1) is 0 Å². The van der Waals surface area contributed by atoms with Crippen LogP contribution in [0.15, 0.2) is 73.1 Å². The number of anilines is 4. The molecule has 0 saturated heterocycles. The third-order valence-corrected chi connectivity index (χ3v) is 5.92. The molecule has 2 amide bonds. The Balaban J connectivity index is 1.44. The van der Waals surface area contributed by atoms with Crippen molar-refractivity contribution in [2.75, 3.05) is 49.3 Å². The van der Waals surface area contributed by atoms with E-state index in [1.54, 1.807) is 7.11 Å². The molecular weight excluding hydrogens is 468 g/mol. The van der Waals surface area contributed by atoms with Crippen molar-refractivity contribution in [3.05, 3.63) is 73.1 Å². The number of benzene rings is 3. The molecule has 37 heavy (non-hydrogen) atoms. The number of amides is 2. The number of ether oxygens (including phenoxy) is 2. The van der Waals surface area contributed by atoms with E-state index in [4.69, 9.17) is 9.47 Å². The van der Waals surface area contributed by atoms with Crippen LogP contribution >= 0.6 is 0 Å². The Labute approximate surface area is 216 Å². The van der Waals surface area contributed by atoms with Crippen LogP contribution in [0.2, 0.25) is 0 Å². The molecule has 3 aromatic carbocycles. The number of urea groups is 1. The van der Waals surface area contributed by atoms with E-state index in [0.717, 1.165) is 41.9 Å². The summed E-state index contributed by atoms with van der Waals surface area (Å²) in [5.41, 5.74) is 2.95. The van der Waals surface area contributed by atoms with Crippen LogP contribution in [-0.4, -0.2) is 54.2 Å². The summed E-state index contributed by atoms with van der Waals surface area (Å²) in [5, 5.41) is 9.76. The fraction of sp³-hybridized carbons (Fsp3) is 0.250. The van der Waals surface area contributed by atoms with Gasteiger partial charge in [0.15, 0.2) is 11.5 Å². The Kier molecular flexibility index (Phi) is 8.72. The van der Waals surface area contributed by atoms with Crippen molar-refractivity contribution in [3.63, 3.8) is 0 Å². The molecule has 0 saturated carbocycles. The molecule has 9 nitrogen and oxygen atoms in total. The number of hydrogen-bond acceptors (Lipinski definition) is 7. The lowest BCUT2D eigenvalue weighted by atomic mass is 10.2. The van der Waals surface area contributed by atoms with Gasteiger partial charge in [0.25, 0.3) is 0 Å². The molecule has 192 valence electrons. The number of carbonyl (C=O) groups is 1. The highest BCUT2D eigenvalue weighted by atomic mass is 16.5. The number of methoxy groups -OCH3 is 1. The third kappa shape index (κ3) is 6.86. The van der Waals surface area contributed by atoms with Gasteiger partial charge in [-0.1, -0.05) is 32.0 Å². The summed E-state index contributed by atoms with van der Waals surface area (Å²) in [5.74, 6) is 1.91. The molecule has 9 heteroatoms. The average molecular weight is 501 g/mol. The van der Waals surface area contributed by atoms with Gasteiger partial charge in [-0.25, -0.2) is 14.8 Å². The van der Waals surface area contributed by atoms with E-state index in [1.807, 2.05) is 66.7 Å². The molecule has 3 N–H and O–H groups in total. The highest BCUT2D eigenvalue weighted by Crippen LogP contribution is 2.34. The van der Waals surface area contributed by atoms with E-state index in [2.05, 4.69) is 44.7 Å². The van der Waals surface area contributed by atoms with E-state index in [9.17, 15) is 4.79 Å². The van der Waals surface area contributed by atoms with Gasteiger partial charge < -0.3 is 30.3 Å². The maximum absolute atomic E-state index is 12.2. The summed E-state index contributed by atoms with van der Waals surface area (Å²) in [6, 6.07) is 20.1. The van der Waals surface area contributed by atoms with Crippen molar-refractivity contribution in [2.24, 2.45) is 0 Å². The summed E-state index contributed by atoms with van der Waals surface area (Å²) in [6.45, 7) is 7.63. The highest BCUT2D eigenvalue weighted by Gasteiger charge is 2.13. The van der Waals surface area contributed by atoms with Gasteiger partial charge in [0.2, 0.25) is 0 Å². The maximum atomic E-state index is 12.2. The zero-order valence-electron chi connectivity index (χ0n) is 21.3. The summed E-state index contributed by atoms with van der Waals surface area (Å²) in [4.78, 5) is 23.4. The minimum atomic E-state index is -0.309. The molecule has 0 aliphatic rings. The molecule has 4 rings (SSSR count). The molecular formula is C28H32N6O3. The number of nitrogens with zero attached hydrogens (tertiary/aromatic N) is 3. The lowest BCUT2D eigenvalue weighted by Gasteiger charge is -2.19. The average Bonchev–Trinajstić information content (AvgIpc) is 2.92. The van der Waals surface area contributed by atoms with Crippen molar-refractivity contribution in [2.45, 2.75) is 13.8 Å². The molecule has 4 aromatic rings. The molecule has 0 fully saturated rings. The predicted octanol–water partition coefficient (Wildman–Crippen LogP) is 5.75. The zero-order chi connectivity index (χ0) is 26.0. The van der Waals surface area contributed by atoms with E-state index in [-0.39, 0.29) is 6.03 Å². The standard InChI is InChI=1S/C28H32N6O3/c1-4-34(5-2)15-16-37-26-18-24-23(17-25(26)36-3)27(30-19-29-24)31-21-11-13-22(14-12-21)33-28(35)32-20-9-7-6-8-10-20/h6-14,17-19H,4-5,15-16H2,1-3H3,(H,29,30,31)(H2,32,33,35). The number of para-hydroxylation sites is 1. The second-order valence-electron chi connectivity index (χ2n) is 8.27. The minimum absolute atomic E-state index is 0.309. The van der Waals surface area contributed by atoms with Gasteiger partial charge in [-0.15, -0.1) is 0 Å². The number of carbonyl (C=O) groups excluding carboxylic acids is 1. The number of likely N-dealkylation sites (N-methyl/N-ethyl adjacent to an activating group) is 1. The number of rotatable bonds is 11. The van der Waals surface area contributed by atoms with Crippen LogP contribution < -0.4 is 25.4 Å². The van der Waals surface area contributed by atoms with Crippen molar-refractivity contribution in [3.8, 4) is 11.5 Å². The lowest BCUT2D eigenvalue weighted by Crippen LogP contribution is -2.27. The largest absolute Gasteiger partial charge is 0.493 e. The Bertz CT molecular complexity index is 1310. The van der Waals surface area contributed by atoms with Gasteiger partial charge in [0, 0.05) is 35.1 Å². The first-order chi connectivity index (χ1) is 18.1. The fourth-order valence-electron chi connectivity index (χ4n) is 3.85. The second-order valence-corrected chi connectivity index (χ2v) is 8.27. The van der Waals surface area contributed by atoms with Crippen molar-refractivity contribution in [1.29, 1.82) is 0 Å². The molecule has 0 bridgehead atoms. The predicted molar refractivity (Wildman–Crippen MR) is 148 cm³/mol. The monoisotopic (exact) mass is 500 g/mol. The normalized spacial score (nSPS) is 10.8. The van der Waals surface area contributed by atoms with E-state index >= 15 is 0 Å². The van der Waals surface area contributed by atoms with Gasteiger partial charge in [-0.3, -0.25) is 0 Å². The van der Waals surface area contributed by atoms with Crippen molar-refractivity contribution in [1.82, 2.24) is 14.9 Å². The SMILES string of the molecule is CCN(CC)CCOc1cc2ncnc(Nc3ccc(NC(=O)Nc4ccccc4)cc3)c2cc1OC. The molecule has 0 aliphatic heterocycles. The first-order valence-electron chi connectivity index (χ1n) is 12.3. The number of nitrogens with one attached hydrogen (secondary N) is 3. The van der Waals surface area contributed by atoms with Crippen LogP contribution in [0.25, 0.3) is 10.9 Å². The van der Waals surface area contributed by atoms with Crippen LogP contribution in [0.1, 0.15) is 13.8 Å². The molecule has 0 radical (unpaired) electrons. The number of aromatic nitrogens is 2. The fourth-order valence-corrected chi connectivity index (χ4v) is 3.85. The Morgan fingerprint density at radius 1 is 0.865 bits per heavy atom. The molecule has 0 spiro atoms. The van der Waals surface area contributed by atoms with Gasteiger partial charge >= 0.3 is 6.03 Å². The molecule has 0 unspecified atom stereocenters. The number of fused-ring (bicyclic) bond motifs is 1. The Morgan fingerprint density at radius 2 is 1.54 bits per heavy atom.